The maximum absolute atomic E-state index is 14.5. The Kier molecular flexibility index (Phi) is 16.8. The highest BCUT2D eigenvalue weighted by molar-refractivity contribution is 7.09. The summed E-state index contributed by atoms with van der Waals surface area (Å²) in [6.45, 7) is 11.5. The van der Waals surface area contributed by atoms with Crippen molar-refractivity contribution in [2.45, 2.75) is 110 Å². The molecular weight excluding hydrogens is 659 g/mol. The Bertz CT molecular complexity index is 1370. The predicted molar refractivity (Wildman–Crippen MR) is 194 cm³/mol. The van der Waals surface area contributed by atoms with Gasteiger partial charge in [0.05, 0.1) is 6.04 Å². The lowest BCUT2D eigenvalue weighted by molar-refractivity contribution is -0.144. The van der Waals surface area contributed by atoms with E-state index in [1.165, 1.54) is 18.4 Å². The largest absolute Gasteiger partial charge is 0.480 e. The van der Waals surface area contributed by atoms with Gasteiger partial charge in [-0.3, -0.25) is 19.3 Å². The number of piperidine rings is 1. The molecule has 6 atom stereocenters. The molecule has 13 heteroatoms. The molecule has 0 aliphatic carbocycles. The summed E-state index contributed by atoms with van der Waals surface area (Å²) in [5.41, 5.74) is 0.875. The third-order valence-electron chi connectivity index (χ3n) is 9.53. The standard InChI is InChI=1S/C37H57N5O7S/c1-8-18-42(36(45)32(25(5)9-2)40-34(44)29-17-13-14-19-41(29)6)30(24(3)4)21-31(49-23-48-7)35-39-28(22-50-35)33(43)38-27(37(46)47)20-26-15-11-10-12-16-26/h10-12,15-16,22,24-25,27,29-32H,8-9,13-14,17-21,23H2,1-7H3,(H,38,43)(H,40,44)(H,46,47)/t25-,27-,29+,30+,31+,32-/m0/s1. The monoisotopic (exact) mass is 715 g/mol. The fourth-order valence-corrected chi connectivity index (χ4v) is 7.25. The van der Waals surface area contributed by atoms with Gasteiger partial charge in [0.25, 0.3) is 5.91 Å². The number of nitrogens with one attached hydrogen (secondary N) is 2. The summed E-state index contributed by atoms with van der Waals surface area (Å²) < 4.78 is 11.4. The highest BCUT2D eigenvalue weighted by Crippen LogP contribution is 2.31. The molecule has 278 valence electrons. The Hall–Kier alpha value is -3.39. The fourth-order valence-electron chi connectivity index (χ4n) is 6.39. The summed E-state index contributed by atoms with van der Waals surface area (Å²) >= 11 is 1.24. The van der Waals surface area contributed by atoms with Crippen LogP contribution in [-0.4, -0.2) is 102 Å². The number of carbonyl (C=O) groups excluding carboxylic acids is 3. The molecule has 1 aliphatic rings. The second kappa shape index (κ2) is 20.5. The van der Waals surface area contributed by atoms with Crippen molar-refractivity contribution in [1.29, 1.82) is 0 Å². The smallest absolute Gasteiger partial charge is 0.326 e. The molecule has 12 nitrogen and oxygen atoms in total. The van der Waals surface area contributed by atoms with Crippen molar-refractivity contribution in [1.82, 2.24) is 25.4 Å². The molecule has 1 fully saturated rings. The first-order chi connectivity index (χ1) is 23.9. The summed E-state index contributed by atoms with van der Waals surface area (Å²) in [5, 5.41) is 17.7. The van der Waals surface area contributed by atoms with Crippen LogP contribution < -0.4 is 10.6 Å². The highest BCUT2D eigenvalue weighted by atomic mass is 32.1. The molecule has 0 bridgehead atoms. The van der Waals surface area contributed by atoms with E-state index in [2.05, 4.69) is 34.4 Å². The van der Waals surface area contributed by atoms with E-state index in [4.69, 9.17) is 9.47 Å². The number of ether oxygens (including phenoxy) is 2. The minimum atomic E-state index is -1.14. The number of carboxylic acids is 1. The summed E-state index contributed by atoms with van der Waals surface area (Å²) in [7, 11) is 3.48. The Labute approximate surface area is 301 Å². The van der Waals surface area contributed by atoms with E-state index in [0.29, 0.717) is 18.0 Å². The van der Waals surface area contributed by atoms with E-state index in [1.54, 1.807) is 5.38 Å². The molecule has 2 aromatic rings. The van der Waals surface area contributed by atoms with Crippen LogP contribution >= 0.6 is 11.3 Å². The van der Waals surface area contributed by atoms with Crippen molar-refractivity contribution < 1.29 is 33.8 Å². The van der Waals surface area contributed by atoms with E-state index in [9.17, 15) is 24.3 Å². The number of carboxylic acid groups (broad SMARTS) is 1. The van der Waals surface area contributed by atoms with Crippen molar-refractivity contribution in [2.75, 3.05) is 34.0 Å². The number of aliphatic carboxylic acids is 1. The van der Waals surface area contributed by atoms with Crippen LogP contribution in [0.1, 0.15) is 100 Å². The number of aromatic nitrogens is 1. The number of benzene rings is 1. The van der Waals surface area contributed by atoms with Gasteiger partial charge in [-0.15, -0.1) is 11.3 Å². The maximum atomic E-state index is 14.5. The van der Waals surface area contributed by atoms with Gasteiger partial charge in [0.1, 0.15) is 35.7 Å². The zero-order valence-electron chi connectivity index (χ0n) is 30.7. The van der Waals surface area contributed by atoms with Crippen LogP contribution in [0.15, 0.2) is 35.7 Å². The number of likely N-dealkylation sites (tertiary alicyclic amines) is 1. The summed E-state index contributed by atoms with van der Waals surface area (Å²) in [4.78, 5) is 61.8. The van der Waals surface area contributed by atoms with Gasteiger partial charge in [0, 0.05) is 37.9 Å². The van der Waals surface area contributed by atoms with Gasteiger partial charge in [-0.1, -0.05) is 77.8 Å². The van der Waals surface area contributed by atoms with Crippen LogP contribution in [0.3, 0.4) is 0 Å². The molecule has 50 heavy (non-hydrogen) atoms. The maximum Gasteiger partial charge on any atom is 0.326 e. The first kappa shape index (κ1) is 41.0. The molecule has 3 amide bonds. The number of methoxy groups -OCH3 is 1. The second-order valence-electron chi connectivity index (χ2n) is 13.6. The number of thiazole rings is 1. The fraction of sp³-hybridized carbons (Fsp3) is 0.649. The van der Waals surface area contributed by atoms with E-state index in [-0.39, 0.29) is 54.6 Å². The third-order valence-corrected chi connectivity index (χ3v) is 10.5. The Balaban J connectivity index is 1.85. The zero-order chi connectivity index (χ0) is 36.8. The van der Waals surface area contributed by atoms with Gasteiger partial charge >= 0.3 is 5.97 Å². The first-order valence-electron chi connectivity index (χ1n) is 17.9. The van der Waals surface area contributed by atoms with Crippen LogP contribution in [-0.2, 0) is 30.3 Å². The zero-order valence-corrected chi connectivity index (χ0v) is 31.5. The molecule has 0 spiro atoms. The number of carbonyl (C=O) groups is 4. The molecule has 1 aromatic carbocycles. The van der Waals surface area contributed by atoms with Crippen LogP contribution in [0.4, 0.5) is 0 Å². The Morgan fingerprint density at radius 3 is 2.42 bits per heavy atom. The lowest BCUT2D eigenvalue weighted by atomic mass is 9.92. The highest BCUT2D eigenvalue weighted by Gasteiger charge is 2.38. The van der Waals surface area contributed by atoms with Crippen LogP contribution in [0.2, 0.25) is 0 Å². The van der Waals surface area contributed by atoms with Crippen molar-refractivity contribution in [2.24, 2.45) is 11.8 Å². The number of rotatable bonds is 20. The molecule has 0 saturated carbocycles. The van der Waals surface area contributed by atoms with Gasteiger partial charge < -0.3 is 30.1 Å². The van der Waals surface area contributed by atoms with E-state index >= 15 is 0 Å². The molecule has 0 unspecified atom stereocenters. The van der Waals surface area contributed by atoms with Crippen molar-refractivity contribution in [3.63, 3.8) is 0 Å². The van der Waals surface area contributed by atoms with Crippen molar-refractivity contribution >= 4 is 35.0 Å². The topological polar surface area (TPSA) is 150 Å². The molecular formula is C37H57N5O7S. The Morgan fingerprint density at radius 2 is 1.82 bits per heavy atom. The van der Waals surface area contributed by atoms with Crippen LogP contribution in [0.25, 0.3) is 0 Å². The number of hydrogen-bond donors (Lipinski definition) is 3. The van der Waals surface area contributed by atoms with Crippen molar-refractivity contribution in [3.05, 3.63) is 52.0 Å². The van der Waals surface area contributed by atoms with Crippen molar-refractivity contribution in [3.8, 4) is 0 Å². The predicted octanol–water partition coefficient (Wildman–Crippen LogP) is 4.90. The van der Waals surface area contributed by atoms with Gasteiger partial charge in [0.2, 0.25) is 11.8 Å². The van der Waals surface area contributed by atoms with Crippen LogP contribution in [0, 0.1) is 11.8 Å². The SMILES string of the molecule is CCCN(C(=O)[C@@H](NC(=O)[C@H]1CCCCN1C)[C@@H](C)CC)[C@H](C[C@@H](OCOC)c1nc(C(=O)N[C@@H](Cc2ccccc2)C(=O)O)cs1)C(C)C. The minimum Gasteiger partial charge on any atom is -0.480 e. The van der Waals surface area contributed by atoms with Gasteiger partial charge in [-0.05, 0) is 50.3 Å². The van der Waals surface area contributed by atoms with E-state index in [1.807, 2.05) is 63.1 Å². The molecule has 3 N–H and O–H groups in total. The number of amides is 3. The summed E-state index contributed by atoms with van der Waals surface area (Å²) in [5.74, 6) is -2.02. The summed E-state index contributed by atoms with van der Waals surface area (Å²) in [6, 6.07) is 6.76. The molecule has 0 radical (unpaired) electrons. The minimum absolute atomic E-state index is 0.0222. The average molecular weight is 716 g/mol. The molecule has 2 heterocycles. The molecule has 3 rings (SSSR count). The van der Waals surface area contributed by atoms with Crippen LogP contribution in [0.5, 0.6) is 0 Å². The van der Waals surface area contributed by atoms with E-state index in [0.717, 1.165) is 44.2 Å². The molecule has 1 aromatic heterocycles. The van der Waals surface area contributed by atoms with Gasteiger partial charge in [-0.25, -0.2) is 9.78 Å². The van der Waals surface area contributed by atoms with E-state index < -0.39 is 30.1 Å². The molecule has 1 aliphatic heterocycles. The lowest BCUT2D eigenvalue weighted by Crippen LogP contribution is -2.58. The third kappa shape index (κ3) is 11.6. The lowest BCUT2D eigenvalue weighted by Gasteiger charge is -2.40. The Morgan fingerprint density at radius 1 is 1.10 bits per heavy atom. The van der Waals surface area contributed by atoms with Gasteiger partial charge in [-0.2, -0.15) is 0 Å². The number of hydrogen-bond acceptors (Lipinski definition) is 9. The number of nitrogens with zero attached hydrogens (tertiary/aromatic N) is 3. The molecule has 1 saturated heterocycles. The summed E-state index contributed by atoms with van der Waals surface area (Å²) in [6.07, 6.45) is 4.15. The normalized spacial score (nSPS) is 18.1. The van der Waals surface area contributed by atoms with Gasteiger partial charge in [0.15, 0.2) is 0 Å². The first-order valence-corrected chi connectivity index (χ1v) is 18.7. The second-order valence-corrected chi connectivity index (χ2v) is 14.5. The number of likely N-dealkylation sites (N-methyl/N-ethyl adjacent to an activating group) is 1. The average Bonchev–Trinajstić information content (AvgIpc) is 3.60. The quantitative estimate of drug-likeness (QED) is 0.163.